The second kappa shape index (κ2) is 4.50. The Morgan fingerprint density at radius 1 is 1.38 bits per heavy atom. The number of fused-ring (bicyclic) bond motifs is 1. The largest absolute Gasteiger partial charge is 0.315 e. The van der Waals surface area contributed by atoms with Crippen LogP contribution in [0.4, 0.5) is 0 Å². The Morgan fingerprint density at radius 3 is 2.81 bits per heavy atom. The normalized spacial score (nSPS) is 20.6. The Kier molecular flexibility index (Phi) is 3.41. The zero-order chi connectivity index (χ0) is 11.8. The number of rotatable bonds is 2. The lowest BCUT2D eigenvalue weighted by Crippen LogP contribution is -2.46. The molecule has 0 aliphatic heterocycles. The molecule has 1 atom stereocenters. The minimum atomic E-state index is 0.236. The van der Waals surface area contributed by atoms with Gasteiger partial charge in [-0.3, -0.25) is 0 Å². The summed E-state index contributed by atoms with van der Waals surface area (Å²) in [6.07, 6.45) is 3.68. The van der Waals surface area contributed by atoms with Crippen molar-refractivity contribution in [2.75, 3.05) is 7.05 Å². The van der Waals surface area contributed by atoms with Gasteiger partial charge in [-0.1, -0.05) is 28.1 Å². The van der Waals surface area contributed by atoms with Crippen molar-refractivity contribution in [3.8, 4) is 0 Å². The van der Waals surface area contributed by atoms with Crippen LogP contribution in [0.5, 0.6) is 0 Å². The van der Waals surface area contributed by atoms with Gasteiger partial charge in [-0.05, 0) is 63.3 Å². The van der Waals surface area contributed by atoms with Crippen LogP contribution in [0.1, 0.15) is 31.4 Å². The number of halogens is 1. The molecule has 0 heterocycles. The monoisotopic (exact) mass is 281 g/mol. The third-order valence-electron chi connectivity index (χ3n) is 4.09. The van der Waals surface area contributed by atoms with E-state index in [9.17, 15) is 0 Å². The van der Waals surface area contributed by atoms with E-state index in [1.807, 2.05) is 0 Å². The highest BCUT2D eigenvalue weighted by molar-refractivity contribution is 9.10. The minimum absolute atomic E-state index is 0.236. The third kappa shape index (κ3) is 2.18. The molecule has 1 N–H and O–H groups in total. The molecular formula is C14H20BrN. The average molecular weight is 282 g/mol. The van der Waals surface area contributed by atoms with Crippen molar-refractivity contribution in [1.82, 2.24) is 5.32 Å². The zero-order valence-electron chi connectivity index (χ0n) is 10.3. The van der Waals surface area contributed by atoms with Crippen molar-refractivity contribution < 1.29 is 0 Å². The van der Waals surface area contributed by atoms with Crippen LogP contribution in [0, 0.1) is 5.92 Å². The van der Waals surface area contributed by atoms with E-state index in [0.29, 0.717) is 0 Å². The van der Waals surface area contributed by atoms with Crippen molar-refractivity contribution in [3.05, 3.63) is 33.8 Å². The predicted octanol–water partition coefficient (Wildman–Crippen LogP) is 3.55. The summed E-state index contributed by atoms with van der Waals surface area (Å²) in [7, 11) is 2.07. The lowest BCUT2D eigenvalue weighted by molar-refractivity contribution is 0.243. The van der Waals surface area contributed by atoms with Gasteiger partial charge >= 0.3 is 0 Å². The molecule has 0 saturated carbocycles. The van der Waals surface area contributed by atoms with Crippen LogP contribution >= 0.6 is 15.9 Å². The van der Waals surface area contributed by atoms with Crippen molar-refractivity contribution in [1.29, 1.82) is 0 Å². The molecule has 1 aliphatic carbocycles. The van der Waals surface area contributed by atoms with E-state index in [1.165, 1.54) is 34.9 Å². The maximum Gasteiger partial charge on any atom is 0.0210 e. The molecule has 0 bridgehead atoms. The lowest BCUT2D eigenvalue weighted by Gasteiger charge is -2.38. The van der Waals surface area contributed by atoms with Crippen LogP contribution < -0.4 is 5.32 Å². The van der Waals surface area contributed by atoms with E-state index >= 15 is 0 Å². The molecule has 0 spiro atoms. The molecule has 1 nitrogen and oxygen atoms in total. The summed E-state index contributed by atoms with van der Waals surface area (Å²) in [5, 5.41) is 3.44. The molecule has 0 radical (unpaired) electrons. The van der Waals surface area contributed by atoms with E-state index in [4.69, 9.17) is 0 Å². The summed E-state index contributed by atoms with van der Waals surface area (Å²) in [4.78, 5) is 0. The van der Waals surface area contributed by atoms with Gasteiger partial charge < -0.3 is 5.32 Å². The van der Waals surface area contributed by atoms with E-state index < -0.39 is 0 Å². The van der Waals surface area contributed by atoms with Crippen LogP contribution in [-0.2, 0) is 12.8 Å². The number of benzene rings is 1. The second-order valence-electron chi connectivity index (χ2n) is 5.29. The molecule has 0 saturated heterocycles. The Hall–Kier alpha value is -0.340. The van der Waals surface area contributed by atoms with Crippen molar-refractivity contribution in [3.63, 3.8) is 0 Å². The highest BCUT2D eigenvalue weighted by atomic mass is 79.9. The minimum Gasteiger partial charge on any atom is -0.315 e. The fourth-order valence-corrected chi connectivity index (χ4v) is 3.19. The van der Waals surface area contributed by atoms with E-state index in [-0.39, 0.29) is 5.54 Å². The fraction of sp³-hybridized carbons (Fsp3) is 0.571. The van der Waals surface area contributed by atoms with Crippen LogP contribution in [-0.4, -0.2) is 12.6 Å². The summed E-state index contributed by atoms with van der Waals surface area (Å²) < 4.78 is 1.28. The molecular weight excluding hydrogens is 262 g/mol. The molecule has 88 valence electrons. The summed E-state index contributed by atoms with van der Waals surface area (Å²) in [6.45, 7) is 4.61. The third-order valence-corrected chi connectivity index (χ3v) is 4.83. The molecule has 2 heteroatoms. The van der Waals surface area contributed by atoms with Gasteiger partial charge in [0.2, 0.25) is 0 Å². The molecule has 1 unspecified atom stereocenters. The molecule has 2 rings (SSSR count). The molecule has 0 aromatic heterocycles. The molecule has 1 aromatic carbocycles. The molecule has 1 aliphatic rings. The van der Waals surface area contributed by atoms with E-state index in [2.05, 4.69) is 60.3 Å². The Morgan fingerprint density at radius 2 is 2.12 bits per heavy atom. The van der Waals surface area contributed by atoms with Crippen molar-refractivity contribution in [2.24, 2.45) is 5.92 Å². The van der Waals surface area contributed by atoms with Crippen LogP contribution in [0.2, 0.25) is 0 Å². The zero-order valence-corrected chi connectivity index (χ0v) is 11.9. The molecule has 1 aromatic rings. The van der Waals surface area contributed by atoms with Gasteiger partial charge in [0.1, 0.15) is 0 Å². The highest BCUT2D eigenvalue weighted by Crippen LogP contribution is 2.35. The average Bonchev–Trinajstić information content (AvgIpc) is 2.29. The number of hydrogen-bond donors (Lipinski definition) is 1. The smallest absolute Gasteiger partial charge is 0.0210 e. The summed E-state index contributed by atoms with van der Waals surface area (Å²) >= 11 is 3.65. The maximum atomic E-state index is 3.65. The standard InChI is InChI=1S/C14H20BrN/c1-14(2,16-3)11-7-8-12-10(9-11)5-4-6-13(12)15/h4-6,11,16H,7-9H2,1-3H3. The first kappa shape index (κ1) is 12.1. The Bertz CT molecular complexity index is 384. The van der Waals surface area contributed by atoms with Gasteiger partial charge in [0.25, 0.3) is 0 Å². The summed E-state index contributed by atoms with van der Waals surface area (Å²) in [5.74, 6) is 0.735. The fourth-order valence-electron chi connectivity index (χ4n) is 2.58. The molecule has 0 amide bonds. The van der Waals surface area contributed by atoms with E-state index in [0.717, 1.165) is 5.92 Å². The lowest BCUT2D eigenvalue weighted by atomic mass is 9.74. The predicted molar refractivity (Wildman–Crippen MR) is 72.8 cm³/mol. The summed E-state index contributed by atoms with van der Waals surface area (Å²) in [5.41, 5.74) is 3.28. The second-order valence-corrected chi connectivity index (χ2v) is 6.14. The van der Waals surface area contributed by atoms with Crippen LogP contribution in [0.3, 0.4) is 0 Å². The number of nitrogens with one attached hydrogen (secondary N) is 1. The van der Waals surface area contributed by atoms with Gasteiger partial charge in [-0.2, -0.15) is 0 Å². The number of hydrogen-bond acceptors (Lipinski definition) is 1. The first-order valence-electron chi connectivity index (χ1n) is 6.00. The van der Waals surface area contributed by atoms with Gasteiger partial charge in [0.05, 0.1) is 0 Å². The molecule has 16 heavy (non-hydrogen) atoms. The Balaban J connectivity index is 2.25. The van der Waals surface area contributed by atoms with Gasteiger partial charge in [-0.15, -0.1) is 0 Å². The summed E-state index contributed by atoms with van der Waals surface area (Å²) in [6, 6.07) is 6.58. The van der Waals surface area contributed by atoms with Gasteiger partial charge in [0.15, 0.2) is 0 Å². The maximum absolute atomic E-state index is 3.65. The van der Waals surface area contributed by atoms with Crippen molar-refractivity contribution >= 4 is 15.9 Å². The highest BCUT2D eigenvalue weighted by Gasteiger charge is 2.31. The SMILES string of the molecule is CNC(C)(C)C1CCc2c(Br)cccc2C1. The first-order chi connectivity index (χ1) is 7.54. The first-order valence-corrected chi connectivity index (χ1v) is 6.79. The quantitative estimate of drug-likeness (QED) is 0.874. The van der Waals surface area contributed by atoms with E-state index in [1.54, 1.807) is 0 Å². The van der Waals surface area contributed by atoms with Crippen molar-refractivity contribution in [2.45, 2.75) is 38.6 Å². The van der Waals surface area contributed by atoms with Crippen LogP contribution in [0.25, 0.3) is 0 Å². The topological polar surface area (TPSA) is 12.0 Å². The molecule has 0 fully saturated rings. The van der Waals surface area contributed by atoms with Gasteiger partial charge in [0, 0.05) is 10.0 Å². The van der Waals surface area contributed by atoms with Gasteiger partial charge in [-0.25, -0.2) is 0 Å². The Labute approximate surface area is 107 Å². The van der Waals surface area contributed by atoms with Crippen LogP contribution in [0.15, 0.2) is 22.7 Å².